The molecule has 5 heteroatoms. The Morgan fingerprint density at radius 2 is 2.07 bits per heavy atom. The second-order valence-corrected chi connectivity index (χ2v) is 3.69. The Bertz CT molecular complexity index is 395. The number of aromatic nitrogens is 3. The first-order valence-corrected chi connectivity index (χ1v) is 5.14. The molecule has 1 unspecified atom stereocenters. The van der Waals surface area contributed by atoms with E-state index in [0.717, 1.165) is 17.1 Å². The molecule has 2 N–H and O–H groups in total. The molecule has 1 atom stereocenters. The maximum atomic E-state index is 5.95. The summed E-state index contributed by atoms with van der Waals surface area (Å²) in [4.78, 5) is 12.5. The van der Waals surface area contributed by atoms with E-state index in [4.69, 9.17) is 5.73 Å². The number of nitrogens with two attached hydrogens (primary N) is 1. The molecular weight excluding hydrogens is 196 g/mol. The Balaban J connectivity index is 2.28. The Morgan fingerprint density at radius 3 is 2.64 bits per heavy atom. The maximum Gasteiger partial charge on any atom is 0.0924 e. The van der Waals surface area contributed by atoms with Gasteiger partial charge in [-0.25, -0.2) is 4.98 Å². The van der Waals surface area contributed by atoms with Crippen LogP contribution in [0.4, 0.5) is 0 Å². The molecule has 2 aromatic heterocycles. The van der Waals surface area contributed by atoms with Gasteiger partial charge in [0, 0.05) is 11.6 Å². The fourth-order valence-corrected chi connectivity index (χ4v) is 1.68. The second-order valence-electron chi connectivity index (χ2n) is 2.97. The zero-order valence-electron chi connectivity index (χ0n) is 7.71. The minimum Gasteiger partial charge on any atom is -0.318 e. The number of hydrogen-bond donors (Lipinski definition) is 1. The van der Waals surface area contributed by atoms with E-state index in [2.05, 4.69) is 15.0 Å². The van der Waals surface area contributed by atoms with Gasteiger partial charge < -0.3 is 5.73 Å². The van der Waals surface area contributed by atoms with E-state index >= 15 is 0 Å². The molecule has 0 aromatic carbocycles. The minimum absolute atomic E-state index is 0.269. The van der Waals surface area contributed by atoms with Crippen molar-refractivity contribution in [2.24, 2.45) is 5.73 Å². The van der Waals surface area contributed by atoms with Crippen molar-refractivity contribution in [3.8, 4) is 0 Å². The number of rotatable bonds is 2. The highest BCUT2D eigenvalue weighted by atomic mass is 32.1. The molecule has 4 nitrogen and oxygen atoms in total. The summed E-state index contributed by atoms with van der Waals surface area (Å²) in [5.41, 5.74) is 10.2. The van der Waals surface area contributed by atoms with Crippen molar-refractivity contribution in [1.29, 1.82) is 0 Å². The summed E-state index contributed by atoms with van der Waals surface area (Å²) in [5.74, 6) is 0. The lowest BCUT2D eigenvalue weighted by Crippen LogP contribution is -2.14. The predicted octanol–water partition coefficient (Wildman–Crippen LogP) is 1.29. The van der Waals surface area contributed by atoms with Gasteiger partial charge in [0.25, 0.3) is 0 Å². The molecular formula is C9H10N4S. The summed E-state index contributed by atoms with van der Waals surface area (Å²) in [6.07, 6.45) is 3.40. The summed E-state index contributed by atoms with van der Waals surface area (Å²) >= 11 is 1.53. The molecule has 2 heterocycles. The zero-order valence-corrected chi connectivity index (χ0v) is 8.53. The molecule has 0 aliphatic heterocycles. The van der Waals surface area contributed by atoms with Crippen molar-refractivity contribution < 1.29 is 0 Å². The molecule has 2 aromatic rings. The Labute approximate surface area is 85.9 Å². The fraction of sp³-hybridized carbons (Fsp3) is 0.222. The van der Waals surface area contributed by atoms with Crippen molar-refractivity contribution in [1.82, 2.24) is 15.0 Å². The lowest BCUT2D eigenvalue weighted by molar-refractivity contribution is 0.789. The Hall–Kier alpha value is -1.33. The molecule has 0 radical (unpaired) electrons. The zero-order chi connectivity index (χ0) is 9.97. The average molecular weight is 206 g/mol. The minimum atomic E-state index is -0.269. The number of aryl methyl sites for hydroxylation is 1. The molecule has 0 saturated heterocycles. The van der Waals surface area contributed by atoms with Crippen LogP contribution in [0.25, 0.3) is 0 Å². The summed E-state index contributed by atoms with van der Waals surface area (Å²) in [6, 6.07) is -0.269. The molecule has 0 bridgehead atoms. The quantitative estimate of drug-likeness (QED) is 0.804. The van der Waals surface area contributed by atoms with E-state index in [1.165, 1.54) is 11.3 Å². The first-order valence-electron chi connectivity index (χ1n) is 4.19. The van der Waals surface area contributed by atoms with Crippen LogP contribution in [0, 0.1) is 6.92 Å². The molecule has 14 heavy (non-hydrogen) atoms. The van der Waals surface area contributed by atoms with Crippen LogP contribution in [0.5, 0.6) is 0 Å². The topological polar surface area (TPSA) is 64.7 Å². The average Bonchev–Trinajstić information content (AvgIpc) is 2.71. The van der Waals surface area contributed by atoms with E-state index in [1.54, 1.807) is 17.9 Å². The smallest absolute Gasteiger partial charge is 0.0924 e. The predicted molar refractivity (Wildman–Crippen MR) is 54.9 cm³/mol. The normalized spacial score (nSPS) is 12.7. The van der Waals surface area contributed by atoms with Gasteiger partial charge in [-0.3, -0.25) is 9.97 Å². The van der Waals surface area contributed by atoms with Crippen LogP contribution in [-0.4, -0.2) is 15.0 Å². The molecule has 0 fully saturated rings. The summed E-state index contributed by atoms with van der Waals surface area (Å²) in [5, 5.41) is 1.92. The molecule has 0 saturated carbocycles. The summed E-state index contributed by atoms with van der Waals surface area (Å²) < 4.78 is 0. The van der Waals surface area contributed by atoms with Crippen LogP contribution in [0.1, 0.15) is 23.1 Å². The monoisotopic (exact) mass is 206 g/mol. The Morgan fingerprint density at radius 1 is 1.21 bits per heavy atom. The van der Waals surface area contributed by atoms with Gasteiger partial charge in [0.15, 0.2) is 0 Å². The van der Waals surface area contributed by atoms with Gasteiger partial charge in [-0.1, -0.05) is 0 Å². The van der Waals surface area contributed by atoms with Gasteiger partial charge in [0.05, 0.1) is 34.8 Å². The van der Waals surface area contributed by atoms with Crippen LogP contribution in [0.2, 0.25) is 0 Å². The molecule has 0 amide bonds. The van der Waals surface area contributed by atoms with Gasteiger partial charge in [0.2, 0.25) is 0 Å². The molecule has 0 aliphatic rings. The fourth-order valence-electron chi connectivity index (χ4n) is 1.09. The van der Waals surface area contributed by atoms with E-state index in [1.807, 2.05) is 12.3 Å². The van der Waals surface area contributed by atoms with E-state index in [0.29, 0.717) is 0 Å². The SMILES string of the molecule is Cc1cnc(C(N)c2cscn2)cn1. The van der Waals surface area contributed by atoms with E-state index < -0.39 is 0 Å². The van der Waals surface area contributed by atoms with E-state index in [-0.39, 0.29) is 6.04 Å². The lowest BCUT2D eigenvalue weighted by atomic mass is 10.2. The van der Waals surface area contributed by atoms with Gasteiger partial charge in [-0.2, -0.15) is 0 Å². The van der Waals surface area contributed by atoms with Crippen molar-refractivity contribution in [3.05, 3.63) is 40.4 Å². The highest BCUT2D eigenvalue weighted by Crippen LogP contribution is 2.16. The van der Waals surface area contributed by atoms with E-state index in [9.17, 15) is 0 Å². The summed E-state index contributed by atoms with van der Waals surface area (Å²) in [7, 11) is 0. The van der Waals surface area contributed by atoms with Gasteiger partial charge >= 0.3 is 0 Å². The highest BCUT2D eigenvalue weighted by molar-refractivity contribution is 7.07. The van der Waals surface area contributed by atoms with Gasteiger partial charge in [0.1, 0.15) is 0 Å². The second kappa shape index (κ2) is 3.81. The van der Waals surface area contributed by atoms with Crippen molar-refractivity contribution in [2.45, 2.75) is 13.0 Å². The van der Waals surface area contributed by atoms with Crippen LogP contribution < -0.4 is 5.73 Å². The standard InChI is InChI=1S/C9H10N4S/c1-6-2-12-7(3-11-6)9(10)8-4-14-5-13-8/h2-5,9H,10H2,1H3. The van der Waals surface area contributed by atoms with Crippen molar-refractivity contribution in [3.63, 3.8) is 0 Å². The molecule has 2 rings (SSSR count). The number of thiazole rings is 1. The number of nitrogens with zero attached hydrogens (tertiary/aromatic N) is 3. The van der Waals surface area contributed by atoms with Crippen molar-refractivity contribution >= 4 is 11.3 Å². The van der Waals surface area contributed by atoms with Gasteiger partial charge in [-0.15, -0.1) is 11.3 Å². The third kappa shape index (κ3) is 1.78. The lowest BCUT2D eigenvalue weighted by Gasteiger charge is -2.07. The molecule has 0 spiro atoms. The third-order valence-electron chi connectivity index (χ3n) is 1.89. The van der Waals surface area contributed by atoms with Gasteiger partial charge in [-0.05, 0) is 6.92 Å². The van der Waals surface area contributed by atoms with Crippen LogP contribution in [0.15, 0.2) is 23.3 Å². The molecule has 72 valence electrons. The Kier molecular flexibility index (Phi) is 2.51. The van der Waals surface area contributed by atoms with Crippen LogP contribution >= 0.6 is 11.3 Å². The highest BCUT2D eigenvalue weighted by Gasteiger charge is 2.11. The maximum absolute atomic E-state index is 5.95. The number of hydrogen-bond acceptors (Lipinski definition) is 5. The first-order chi connectivity index (χ1) is 6.77. The largest absolute Gasteiger partial charge is 0.318 e. The van der Waals surface area contributed by atoms with Crippen molar-refractivity contribution in [2.75, 3.05) is 0 Å². The summed E-state index contributed by atoms with van der Waals surface area (Å²) in [6.45, 7) is 1.89. The third-order valence-corrected chi connectivity index (χ3v) is 2.49. The molecule has 0 aliphatic carbocycles. The first kappa shape index (κ1) is 9.23. The van der Waals surface area contributed by atoms with Crippen LogP contribution in [0.3, 0.4) is 0 Å². The van der Waals surface area contributed by atoms with Crippen LogP contribution in [-0.2, 0) is 0 Å².